The third-order valence-electron chi connectivity index (χ3n) is 2.10. The molecular formula is C10H8N2O6. The van der Waals surface area contributed by atoms with Gasteiger partial charge in [-0.3, -0.25) is 29.8 Å². The Kier molecular flexibility index (Phi) is 3.82. The van der Waals surface area contributed by atoms with Crippen molar-refractivity contribution in [2.75, 3.05) is 0 Å². The molecule has 8 nitrogen and oxygen atoms in total. The molecule has 0 aliphatic heterocycles. The minimum atomic E-state index is -0.929. The van der Waals surface area contributed by atoms with E-state index in [1.165, 1.54) is 0 Å². The molecule has 0 unspecified atom stereocenters. The molecule has 0 aliphatic carbocycles. The summed E-state index contributed by atoms with van der Waals surface area (Å²) in [5.74, 6) is -1.45. The Morgan fingerprint density at radius 1 is 1.11 bits per heavy atom. The number of ketones is 2. The first-order chi connectivity index (χ1) is 8.34. The third-order valence-corrected chi connectivity index (χ3v) is 2.10. The number of nitrogens with zero attached hydrogens (tertiary/aromatic N) is 2. The molecule has 0 atom stereocenters. The van der Waals surface area contributed by atoms with Gasteiger partial charge in [-0.2, -0.15) is 0 Å². The highest BCUT2D eigenvalue weighted by molar-refractivity contribution is 6.11. The smallest absolute Gasteiger partial charge is 0.287 e. The highest BCUT2D eigenvalue weighted by atomic mass is 16.6. The van der Waals surface area contributed by atoms with Crippen LogP contribution in [0.15, 0.2) is 18.2 Å². The molecule has 0 amide bonds. The lowest BCUT2D eigenvalue weighted by molar-refractivity contribution is -0.394. The van der Waals surface area contributed by atoms with Gasteiger partial charge in [0.1, 0.15) is 5.78 Å². The SMILES string of the molecule is CC(=O)CC(=O)c1c([N+](=O)[O-])cccc1[N+](=O)[O-]. The third kappa shape index (κ3) is 2.73. The van der Waals surface area contributed by atoms with E-state index in [0.717, 1.165) is 25.1 Å². The van der Waals surface area contributed by atoms with E-state index < -0.39 is 44.8 Å². The summed E-state index contributed by atoms with van der Waals surface area (Å²) in [5, 5.41) is 21.5. The Labute approximate surface area is 101 Å². The quantitative estimate of drug-likeness (QED) is 0.340. The number of Topliss-reactive ketones (excluding diaryl/α,β-unsaturated/α-hetero) is 2. The fourth-order valence-electron chi connectivity index (χ4n) is 1.43. The molecule has 0 aromatic heterocycles. The van der Waals surface area contributed by atoms with Gasteiger partial charge in [-0.25, -0.2) is 0 Å². The molecule has 0 bridgehead atoms. The second-order valence-electron chi connectivity index (χ2n) is 3.49. The first kappa shape index (κ1) is 13.4. The predicted molar refractivity (Wildman–Crippen MR) is 59.4 cm³/mol. The van der Waals surface area contributed by atoms with Crippen LogP contribution in [0.3, 0.4) is 0 Å². The highest BCUT2D eigenvalue weighted by Gasteiger charge is 2.30. The van der Waals surface area contributed by atoms with Crippen LogP contribution in [-0.2, 0) is 4.79 Å². The first-order valence-corrected chi connectivity index (χ1v) is 4.79. The minimum Gasteiger partial charge on any atom is -0.300 e. The average molecular weight is 252 g/mol. The highest BCUT2D eigenvalue weighted by Crippen LogP contribution is 2.29. The Morgan fingerprint density at radius 3 is 1.89 bits per heavy atom. The molecule has 1 aromatic carbocycles. The van der Waals surface area contributed by atoms with E-state index in [1.807, 2.05) is 0 Å². The van der Waals surface area contributed by atoms with Crippen LogP contribution in [0.1, 0.15) is 23.7 Å². The van der Waals surface area contributed by atoms with Crippen LogP contribution < -0.4 is 0 Å². The maximum absolute atomic E-state index is 11.7. The van der Waals surface area contributed by atoms with E-state index in [4.69, 9.17) is 0 Å². The number of nitro groups is 2. The van der Waals surface area contributed by atoms with Crippen LogP contribution in [0.25, 0.3) is 0 Å². The molecule has 0 heterocycles. The van der Waals surface area contributed by atoms with E-state index >= 15 is 0 Å². The molecule has 1 rings (SSSR count). The van der Waals surface area contributed by atoms with Gasteiger partial charge in [-0.05, 0) is 13.0 Å². The van der Waals surface area contributed by atoms with E-state index in [2.05, 4.69) is 0 Å². The van der Waals surface area contributed by atoms with E-state index in [-0.39, 0.29) is 0 Å². The molecule has 8 heteroatoms. The standard InChI is InChI=1S/C10H8N2O6/c1-6(13)5-9(14)10-7(11(15)16)3-2-4-8(10)12(17)18/h2-4H,5H2,1H3. The molecule has 94 valence electrons. The molecule has 0 saturated heterocycles. The topological polar surface area (TPSA) is 120 Å². The Balaban J connectivity index is 3.45. The van der Waals surface area contributed by atoms with Crippen molar-refractivity contribution < 1.29 is 19.4 Å². The van der Waals surface area contributed by atoms with Gasteiger partial charge >= 0.3 is 0 Å². The predicted octanol–water partition coefficient (Wildman–Crippen LogP) is 1.66. The molecule has 0 N–H and O–H groups in total. The van der Waals surface area contributed by atoms with Gasteiger partial charge in [0, 0.05) is 12.1 Å². The second kappa shape index (κ2) is 5.13. The van der Waals surface area contributed by atoms with Crippen molar-refractivity contribution in [2.24, 2.45) is 0 Å². The minimum absolute atomic E-state index is 0.521. The molecule has 0 aliphatic rings. The molecule has 0 radical (unpaired) electrons. The number of hydrogen-bond acceptors (Lipinski definition) is 6. The van der Waals surface area contributed by atoms with Crippen molar-refractivity contribution in [3.05, 3.63) is 44.0 Å². The fourth-order valence-corrected chi connectivity index (χ4v) is 1.43. The summed E-state index contributed by atoms with van der Waals surface area (Å²) >= 11 is 0. The number of carbonyl (C=O) groups excluding carboxylic acids is 2. The maximum Gasteiger partial charge on any atom is 0.287 e. The summed E-state index contributed by atoms with van der Waals surface area (Å²) in [6.45, 7) is 1.12. The van der Waals surface area contributed by atoms with Crippen molar-refractivity contribution in [1.82, 2.24) is 0 Å². The normalized spacial score (nSPS) is 9.83. The van der Waals surface area contributed by atoms with Gasteiger partial charge in [0.25, 0.3) is 11.4 Å². The van der Waals surface area contributed by atoms with Crippen molar-refractivity contribution in [3.63, 3.8) is 0 Å². The lowest BCUT2D eigenvalue weighted by Crippen LogP contribution is -2.10. The van der Waals surface area contributed by atoms with Crippen LogP contribution in [0.5, 0.6) is 0 Å². The van der Waals surface area contributed by atoms with Crippen molar-refractivity contribution in [2.45, 2.75) is 13.3 Å². The van der Waals surface area contributed by atoms with Gasteiger partial charge < -0.3 is 0 Å². The number of rotatable bonds is 5. The Morgan fingerprint density at radius 2 is 1.56 bits per heavy atom. The lowest BCUT2D eigenvalue weighted by Gasteiger charge is -2.02. The van der Waals surface area contributed by atoms with Gasteiger partial charge in [0.15, 0.2) is 11.3 Å². The van der Waals surface area contributed by atoms with Crippen LogP contribution in [-0.4, -0.2) is 21.4 Å². The Hall–Kier alpha value is -2.64. The monoisotopic (exact) mass is 252 g/mol. The average Bonchev–Trinajstić information content (AvgIpc) is 2.26. The van der Waals surface area contributed by atoms with E-state index in [1.54, 1.807) is 0 Å². The summed E-state index contributed by atoms with van der Waals surface area (Å²) in [6.07, 6.45) is -0.605. The number of carbonyl (C=O) groups is 2. The van der Waals surface area contributed by atoms with E-state index in [0.29, 0.717) is 0 Å². The zero-order valence-corrected chi connectivity index (χ0v) is 9.28. The number of nitro benzene ring substituents is 2. The van der Waals surface area contributed by atoms with Gasteiger partial charge in [-0.1, -0.05) is 0 Å². The van der Waals surface area contributed by atoms with Crippen molar-refractivity contribution in [1.29, 1.82) is 0 Å². The summed E-state index contributed by atoms with van der Waals surface area (Å²) in [7, 11) is 0. The fraction of sp³-hybridized carbons (Fsp3) is 0.200. The van der Waals surface area contributed by atoms with Crippen molar-refractivity contribution >= 4 is 22.9 Å². The second-order valence-corrected chi connectivity index (χ2v) is 3.49. The van der Waals surface area contributed by atoms with Crippen LogP contribution >= 0.6 is 0 Å². The largest absolute Gasteiger partial charge is 0.300 e. The zero-order chi connectivity index (χ0) is 13.9. The molecule has 0 fully saturated rings. The molecule has 18 heavy (non-hydrogen) atoms. The van der Waals surface area contributed by atoms with E-state index in [9.17, 15) is 29.8 Å². The van der Waals surface area contributed by atoms with Crippen LogP contribution in [0, 0.1) is 20.2 Å². The summed E-state index contributed by atoms with van der Waals surface area (Å²) in [6, 6.07) is 3.08. The van der Waals surface area contributed by atoms with Crippen LogP contribution in [0.4, 0.5) is 11.4 Å². The van der Waals surface area contributed by atoms with Gasteiger partial charge in [0.05, 0.1) is 16.3 Å². The molecule has 0 spiro atoms. The van der Waals surface area contributed by atoms with Crippen LogP contribution in [0.2, 0.25) is 0 Å². The molecule has 0 saturated carbocycles. The maximum atomic E-state index is 11.7. The van der Waals surface area contributed by atoms with Gasteiger partial charge in [-0.15, -0.1) is 0 Å². The number of hydrogen-bond donors (Lipinski definition) is 0. The summed E-state index contributed by atoms with van der Waals surface area (Å²) < 4.78 is 0. The van der Waals surface area contributed by atoms with Crippen molar-refractivity contribution in [3.8, 4) is 0 Å². The number of benzene rings is 1. The zero-order valence-electron chi connectivity index (χ0n) is 9.28. The van der Waals surface area contributed by atoms with Gasteiger partial charge in [0.2, 0.25) is 0 Å². The lowest BCUT2D eigenvalue weighted by atomic mass is 10.0. The summed E-state index contributed by atoms with van der Waals surface area (Å²) in [5.41, 5.74) is -1.98. The summed E-state index contributed by atoms with van der Waals surface area (Å²) in [4.78, 5) is 42.2. The molecule has 1 aromatic rings. The molecular weight excluding hydrogens is 244 g/mol. The first-order valence-electron chi connectivity index (χ1n) is 4.79. The Bertz CT molecular complexity index is 519.